The van der Waals surface area contributed by atoms with Gasteiger partial charge in [0.25, 0.3) is 0 Å². The van der Waals surface area contributed by atoms with Crippen LogP contribution in [-0.2, 0) is 14.3 Å². The molecule has 0 aliphatic carbocycles. The zero-order chi connectivity index (χ0) is 22.1. The summed E-state index contributed by atoms with van der Waals surface area (Å²) in [6, 6.07) is 15.0. The predicted molar refractivity (Wildman–Crippen MR) is 111 cm³/mol. The van der Waals surface area contributed by atoms with Crippen LogP contribution in [0.1, 0.15) is 5.56 Å². The van der Waals surface area contributed by atoms with Crippen molar-refractivity contribution in [3.8, 4) is 23.3 Å². The number of hydrogen-bond donors (Lipinski definition) is 0. The summed E-state index contributed by atoms with van der Waals surface area (Å²) in [5.41, 5.74) is 9.63. The Morgan fingerprint density at radius 3 is 2.32 bits per heavy atom. The van der Waals surface area contributed by atoms with Crippen LogP contribution in [0.25, 0.3) is 16.0 Å². The molecule has 1 heterocycles. The summed E-state index contributed by atoms with van der Waals surface area (Å²) in [6.07, 6.45) is 2.53. The van der Waals surface area contributed by atoms with E-state index in [1.807, 2.05) is 0 Å². The van der Waals surface area contributed by atoms with E-state index in [-0.39, 0.29) is 17.3 Å². The van der Waals surface area contributed by atoms with E-state index in [4.69, 9.17) is 24.5 Å². The van der Waals surface area contributed by atoms with Crippen LogP contribution < -0.4 is 9.47 Å². The lowest BCUT2D eigenvalue weighted by molar-refractivity contribution is -0.133. The first-order valence-corrected chi connectivity index (χ1v) is 8.88. The summed E-state index contributed by atoms with van der Waals surface area (Å²) >= 11 is 0. The first-order valence-electron chi connectivity index (χ1n) is 8.88. The molecule has 3 rings (SSSR count). The molecule has 0 unspecified atom stereocenters. The zero-order valence-corrected chi connectivity index (χ0v) is 16.6. The van der Waals surface area contributed by atoms with E-state index in [1.54, 1.807) is 48.5 Å². The molecule has 0 aliphatic rings. The van der Waals surface area contributed by atoms with Gasteiger partial charge in [-0.1, -0.05) is 35.4 Å². The Labute approximate surface area is 177 Å². The van der Waals surface area contributed by atoms with Gasteiger partial charge in [0.2, 0.25) is 11.8 Å². The number of rotatable bonds is 8. The minimum Gasteiger partial charge on any atom is -0.503 e. The van der Waals surface area contributed by atoms with E-state index in [0.717, 1.165) is 0 Å². The van der Waals surface area contributed by atoms with Crippen LogP contribution in [0.3, 0.4) is 0 Å². The van der Waals surface area contributed by atoms with Crippen molar-refractivity contribution in [3.05, 3.63) is 83.2 Å². The number of methoxy groups -OCH3 is 2. The lowest BCUT2D eigenvalue weighted by atomic mass is 10.1. The minimum absolute atomic E-state index is 0.167. The van der Waals surface area contributed by atoms with Gasteiger partial charge in [-0.05, 0) is 23.7 Å². The molecule has 156 valence electrons. The Balaban J connectivity index is 1.90. The number of nitrogens with zero attached hydrogens (tertiary/aromatic N) is 5. The first kappa shape index (κ1) is 21.2. The van der Waals surface area contributed by atoms with Crippen molar-refractivity contribution in [2.24, 2.45) is 5.11 Å². The number of azide groups is 1. The molecule has 0 spiro atoms. The van der Waals surface area contributed by atoms with Gasteiger partial charge in [-0.15, -0.1) is 0 Å². The molecule has 10 nitrogen and oxygen atoms in total. The maximum Gasteiger partial charge on any atom is 0.341 e. The fraction of sp³-hybridized carbons (Fsp3) is 0.0952. The van der Waals surface area contributed by atoms with Gasteiger partial charge in [0, 0.05) is 10.5 Å². The highest BCUT2D eigenvalue weighted by Crippen LogP contribution is 2.33. The van der Waals surface area contributed by atoms with Crippen molar-refractivity contribution in [3.63, 3.8) is 0 Å². The van der Waals surface area contributed by atoms with E-state index in [9.17, 15) is 4.79 Å². The number of carbonyl (C=O) groups excluding carboxylic acids is 1. The third kappa shape index (κ3) is 5.28. The summed E-state index contributed by atoms with van der Waals surface area (Å²) in [5.74, 6) is 0.417. The molecule has 0 bridgehead atoms. The number of ether oxygens (including phenoxy) is 4. The molecule has 10 heteroatoms. The molecule has 0 aliphatic heterocycles. The smallest absolute Gasteiger partial charge is 0.341 e. The normalized spacial score (nSPS) is 10.6. The average Bonchev–Trinajstić information content (AvgIpc) is 2.79. The molecule has 31 heavy (non-hydrogen) atoms. The summed E-state index contributed by atoms with van der Waals surface area (Å²) in [4.78, 5) is 23.1. The number of aromatic nitrogens is 2. The third-order valence-corrected chi connectivity index (χ3v) is 3.88. The van der Waals surface area contributed by atoms with Crippen molar-refractivity contribution in [1.82, 2.24) is 9.97 Å². The van der Waals surface area contributed by atoms with E-state index >= 15 is 0 Å². The first-order chi connectivity index (χ1) is 15.2. The number of esters is 1. The molecule has 2 aromatic carbocycles. The Kier molecular flexibility index (Phi) is 7.02. The molecule has 1 aromatic heterocycles. The molecule has 3 aromatic rings. The van der Waals surface area contributed by atoms with Crippen molar-refractivity contribution in [2.75, 3.05) is 14.2 Å². The quantitative estimate of drug-likeness (QED) is 0.123. The summed E-state index contributed by atoms with van der Waals surface area (Å²) < 4.78 is 21.4. The lowest BCUT2D eigenvalue weighted by Gasteiger charge is -2.12. The molecule has 0 amide bonds. The molecule has 0 N–H and O–H groups in total. The van der Waals surface area contributed by atoms with Crippen LogP contribution in [0.5, 0.6) is 23.3 Å². The predicted octanol–water partition coefficient (Wildman–Crippen LogP) is 5.16. The van der Waals surface area contributed by atoms with Gasteiger partial charge < -0.3 is 18.9 Å². The second-order valence-corrected chi connectivity index (χ2v) is 5.81. The maximum absolute atomic E-state index is 12.1. The van der Waals surface area contributed by atoms with E-state index < -0.39 is 5.97 Å². The number of benzene rings is 2. The molecule has 0 saturated carbocycles. The molecule has 0 radical (unpaired) electrons. The molecular formula is C21H17N5O5. The standard InChI is InChI=1S/C21H17N5O5/c1-28-12-15(21(27)29-2)14-7-3-5-9-17(14)30-19-11-20(24-13-23-19)31-18-10-6-4-8-16(18)25-26-22/h3-13H,1-2H3/b15-12+. The zero-order valence-electron chi connectivity index (χ0n) is 16.6. The van der Waals surface area contributed by atoms with Gasteiger partial charge in [-0.25, -0.2) is 14.8 Å². The lowest BCUT2D eigenvalue weighted by Crippen LogP contribution is -2.06. The van der Waals surface area contributed by atoms with Crippen molar-refractivity contribution in [2.45, 2.75) is 0 Å². The van der Waals surface area contributed by atoms with E-state index in [0.29, 0.717) is 22.7 Å². The highest BCUT2D eigenvalue weighted by Gasteiger charge is 2.18. The monoisotopic (exact) mass is 419 g/mol. The van der Waals surface area contributed by atoms with Crippen LogP contribution in [0.2, 0.25) is 0 Å². The van der Waals surface area contributed by atoms with Crippen molar-refractivity contribution >= 4 is 17.2 Å². The number of hydrogen-bond acceptors (Lipinski definition) is 8. The summed E-state index contributed by atoms with van der Waals surface area (Å²) in [6.45, 7) is 0. The van der Waals surface area contributed by atoms with Gasteiger partial charge in [0.05, 0.1) is 32.2 Å². The van der Waals surface area contributed by atoms with Crippen LogP contribution >= 0.6 is 0 Å². The van der Waals surface area contributed by atoms with Gasteiger partial charge in [-0.2, -0.15) is 0 Å². The Bertz CT molecular complexity index is 1160. The molecule has 0 saturated heterocycles. The van der Waals surface area contributed by atoms with Gasteiger partial charge in [0.15, 0.2) is 0 Å². The fourth-order valence-electron chi connectivity index (χ4n) is 2.56. The number of para-hydroxylation sites is 2. The highest BCUT2D eigenvalue weighted by atomic mass is 16.5. The van der Waals surface area contributed by atoms with E-state index in [2.05, 4.69) is 20.0 Å². The second kappa shape index (κ2) is 10.3. The second-order valence-electron chi connectivity index (χ2n) is 5.81. The SMILES string of the molecule is CO/C=C(/C(=O)OC)c1ccccc1Oc1cc(Oc2ccccc2N=[N+]=[N-])ncn1. The van der Waals surface area contributed by atoms with E-state index in [1.165, 1.54) is 32.9 Å². The molecule has 0 atom stereocenters. The Morgan fingerprint density at radius 1 is 1.00 bits per heavy atom. The van der Waals surface area contributed by atoms with Crippen LogP contribution in [0.4, 0.5) is 5.69 Å². The summed E-state index contributed by atoms with van der Waals surface area (Å²) in [5, 5.41) is 3.59. The largest absolute Gasteiger partial charge is 0.503 e. The van der Waals surface area contributed by atoms with Crippen LogP contribution in [0, 0.1) is 0 Å². The summed E-state index contributed by atoms with van der Waals surface area (Å²) in [7, 11) is 2.70. The highest BCUT2D eigenvalue weighted by molar-refractivity contribution is 6.17. The molecule has 0 fully saturated rings. The van der Waals surface area contributed by atoms with Crippen molar-refractivity contribution < 1.29 is 23.7 Å². The fourth-order valence-corrected chi connectivity index (χ4v) is 2.56. The van der Waals surface area contributed by atoms with Gasteiger partial charge in [-0.3, -0.25) is 0 Å². The van der Waals surface area contributed by atoms with Crippen LogP contribution in [-0.4, -0.2) is 30.2 Å². The van der Waals surface area contributed by atoms with Gasteiger partial charge >= 0.3 is 5.97 Å². The number of carbonyl (C=O) groups is 1. The van der Waals surface area contributed by atoms with Crippen LogP contribution in [0.15, 0.2) is 72.3 Å². The average molecular weight is 419 g/mol. The molecular weight excluding hydrogens is 402 g/mol. The Hall–Kier alpha value is -4.56. The third-order valence-electron chi connectivity index (χ3n) is 3.88. The minimum atomic E-state index is -0.584. The topological polar surface area (TPSA) is 129 Å². The Morgan fingerprint density at radius 2 is 1.65 bits per heavy atom. The maximum atomic E-state index is 12.1. The van der Waals surface area contributed by atoms with Gasteiger partial charge in [0.1, 0.15) is 23.4 Å². The van der Waals surface area contributed by atoms with Crippen molar-refractivity contribution in [1.29, 1.82) is 0 Å².